The number of anilines is 3. The molecule has 0 aliphatic heterocycles. The van der Waals surface area contributed by atoms with Gasteiger partial charge in [-0.05, 0) is 85.7 Å². The van der Waals surface area contributed by atoms with Crippen LogP contribution in [0.15, 0.2) is 180 Å². The van der Waals surface area contributed by atoms with Gasteiger partial charge in [0.1, 0.15) is 11.2 Å². The highest BCUT2D eigenvalue weighted by Gasteiger charge is 2.21. The van der Waals surface area contributed by atoms with E-state index in [9.17, 15) is 0 Å². The van der Waals surface area contributed by atoms with Crippen molar-refractivity contribution in [2.75, 3.05) is 4.90 Å². The molecule has 2 heteroatoms. The Labute approximate surface area is 277 Å². The van der Waals surface area contributed by atoms with Gasteiger partial charge in [-0.3, -0.25) is 0 Å². The molecule has 0 saturated carbocycles. The quantitative estimate of drug-likeness (QED) is 0.184. The lowest BCUT2D eigenvalue weighted by molar-refractivity contribution is 0.669. The topological polar surface area (TPSA) is 16.4 Å². The summed E-state index contributed by atoms with van der Waals surface area (Å²) in [5, 5.41) is 12.1. The van der Waals surface area contributed by atoms with Gasteiger partial charge >= 0.3 is 0 Å². The summed E-state index contributed by atoms with van der Waals surface area (Å²) >= 11 is 0. The SMILES string of the molecule is c1ccc(-c2ccccc2N(c2ccc3ccc4c5ccccc5ccc4c3c2)c2cccc3cc4oc5ccccc5c4cc23)cc1. The summed E-state index contributed by atoms with van der Waals surface area (Å²) in [5.74, 6) is 0. The Kier molecular flexibility index (Phi) is 5.91. The van der Waals surface area contributed by atoms with Gasteiger partial charge in [-0.25, -0.2) is 0 Å². The monoisotopic (exact) mass is 611 g/mol. The van der Waals surface area contributed by atoms with Crippen molar-refractivity contribution < 1.29 is 4.42 Å². The van der Waals surface area contributed by atoms with E-state index in [2.05, 4.69) is 169 Å². The fraction of sp³-hybridized carbons (Fsp3) is 0. The third-order valence-electron chi connectivity index (χ3n) is 9.81. The second-order valence-corrected chi connectivity index (χ2v) is 12.5. The summed E-state index contributed by atoms with van der Waals surface area (Å²) in [5.41, 5.74) is 7.52. The van der Waals surface area contributed by atoms with Gasteiger partial charge in [0.15, 0.2) is 0 Å². The summed E-state index contributed by atoms with van der Waals surface area (Å²) in [6, 6.07) is 63.5. The number of hydrogen-bond acceptors (Lipinski definition) is 2. The maximum Gasteiger partial charge on any atom is 0.136 e. The van der Waals surface area contributed by atoms with E-state index < -0.39 is 0 Å². The molecule has 2 nitrogen and oxygen atoms in total. The number of furan rings is 1. The van der Waals surface area contributed by atoms with Crippen LogP contribution in [0.3, 0.4) is 0 Å². The average Bonchev–Trinajstić information content (AvgIpc) is 3.52. The zero-order valence-electron chi connectivity index (χ0n) is 26.1. The van der Waals surface area contributed by atoms with Crippen LogP contribution in [0.25, 0.3) is 76.2 Å². The Morgan fingerprint density at radius 1 is 0.333 bits per heavy atom. The molecule has 10 aromatic rings. The van der Waals surface area contributed by atoms with Gasteiger partial charge in [0.05, 0.1) is 11.4 Å². The van der Waals surface area contributed by atoms with Crippen LogP contribution in [-0.4, -0.2) is 0 Å². The van der Waals surface area contributed by atoms with Gasteiger partial charge in [0.2, 0.25) is 0 Å². The first-order chi connectivity index (χ1) is 23.8. The summed E-state index contributed by atoms with van der Waals surface area (Å²) < 4.78 is 6.31. The number of benzene rings is 9. The minimum atomic E-state index is 0.904. The molecule has 0 N–H and O–H groups in total. The van der Waals surface area contributed by atoms with Gasteiger partial charge < -0.3 is 9.32 Å². The fourth-order valence-electron chi connectivity index (χ4n) is 7.56. The van der Waals surface area contributed by atoms with Gasteiger partial charge in [-0.15, -0.1) is 0 Å². The Hall–Kier alpha value is -6.38. The van der Waals surface area contributed by atoms with Crippen LogP contribution in [0.4, 0.5) is 17.1 Å². The van der Waals surface area contributed by atoms with Crippen LogP contribution in [0, 0.1) is 0 Å². The molecule has 0 aliphatic carbocycles. The molecule has 1 aromatic heterocycles. The smallest absolute Gasteiger partial charge is 0.136 e. The van der Waals surface area contributed by atoms with Crippen molar-refractivity contribution in [1.29, 1.82) is 0 Å². The first-order valence-corrected chi connectivity index (χ1v) is 16.4. The molecule has 0 aliphatic rings. The highest BCUT2D eigenvalue weighted by molar-refractivity contribution is 6.18. The van der Waals surface area contributed by atoms with Crippen molar-refractivity contribution in [2.45, 2.75) is 0 Å². The van der Waals surface area contributed by atoms with E-state index in [1.54, 1.807) is 0 Å². The van der Waals surface area contributed by atoms with Crippen molar-refractivity contribution >= 4 is 82.1 Å². The molecule has 0 radical (unpaired) electrons. The summed E-state index contributed by atoms with van der Waals surface area (Å²) in [6.45, 7) is 0. The van der Waals surface area contributed by atoms with Gasteiger partial charge in [0, 0.05) is 27.4 Å². The van der Waals surface area contributed by atoms with Crippen molar-refractivity contribution in [3.8, 4) is 11.1 Å². The molecular formula is C46H29NO. The molecule has 0 fully saturated rings. The maximum absolute atomic E-state index is 6.31. The van der Waals surface area contributed by atoms with Crippen molar-refractivity contribution in [3.63, 3.8) is 0 Å². The molecule has 0 unspecified atom stereocenters. The van der Waals surface area contributed by atoms with Gasteiger partial charge in [-0.1, -0.05) is 133 Å². The zero-order chi connectivity index (χ0) is 31.6. The van der Waals surface area contributed by atoms with Gasteiger partial charge in [-0.2, -0.15) is 0 Å². The van der Waals surface area contributed by atoms with Crippen LogP contribution in [-0.2, 0) is 0 Å². The molecule has 0 saturated heterocycles. The Morgan fingerprint density at radius 3 is 1.90 bits per heavy atom. The molecule has 0 spiro atoms. The minimum absolute atomic E-state index is 0.904. The number of rotatable bonds is 4. The standard InChI is InChI=1S/C46H29NO/c1-2-11-30(12-3-1)36-16-6-8-18-43(36)47(44-19-10-14-33-27-46-42(29-41(33)44)39-17-7-9-20-45(39)48-46)34-24-21-32-23-25-37-35-15-5-4-13-31(35)22-26-38(37)40(32)28-34/h1-29H. The minimum Gasteiger partial charge on any atom is -0.456 e. The van der Waals surface area contributed by atoms with Crippen LogP contribution in [0.2, 0.25) is 0 Å². The highest BCUT2D eigenvalue weighted by Crippen LogP contribution is 2.46. The highest BCUT2D eigenvalue weighted by atomic mass is 16.3. The van der Waals surface area contributed by atoms with Crippen LogP contribution < -0.4 is 4.90 Å². The summed E-state index contributed by atoms with van der Waals surface area (Å²) in [6.07, 6.45) is 0. The first-order valence-electron chi connectivity index (χ1n) is 16.4. The molecule has 9 aromatic carbocycles. The van der Waals surface area contributed by atoms with E-state index in [-0.39, 0.29) is 0 Å². The van der Waals surface area contributed by atoms with E-state index in [0.29, 0.717) is 0 Å². The lowest BCUT2D eigenvalue weighted by Crippen LogP contribution is -2.11. The average molecular weight is 612 g/mol. The van der Waals surface area contributed by atoms with E-state index >= 15 is 0 Å². The number of nitrogens with zero attached hydrogens (tertiary/aromatic N) is 1. The second kappa shape index (κ2) is 10.6. The predicted octanol–water partition coefficient (Wildman–Crippen LogP) is 13.3. The largest absolute Gasteiger partial charge is 0.456 e. The Morgan fingerprint density at radius 2 is 1.00 bits per heavy atom. The van der Waals surface area contributed by atoms with E-state index in [0.717, 1.165) is 44.4 Å². The second-order valence-electron chi connectivity index (χ2n) is 12.5. The maximum atomic E-state index is 6.31. The lowest BCUT2D eigenvalue weighted by atomic mass is 9.96. The van der Waals surface area contributed by atoms with E-state index in [4.69, 9.17) is 4.42 Å². The van der Waals surface area contributed by atoms with E-state index in [1.165, 1.54) is 48.8 Å². The fourth-order valence-corrected chi connectivity index (χ4v) is 7.56. The zero-order valence-corrected chi connectivity index (χ0v) is 26.1. The lowest BCUT2D eigenvalue weighted by Gasteiger charge is -2.29. The number of hydrogen-bond donors (Lipinski definition) is 0. The molecule has 0 atom stereocenters. The molecule has 0 bridgehead atoms. The normalized spacial score (nSPS) is 11.8. The predicted molar refractivity (Wildman–Crippen MR) is 204 cm³/mol. The molecule has 48 heavy (non-hydrogen) atoms. The number of para-hydroxylation sites is 2. The first kappa shape index (κ1) is 26.8. The van der Waals surface area contributed by atoms with Crippen molar-refractivity contribution in [3.05, 3.63) is 176 Å². The van der Waals surface area contributed by atoms with Crippen LogP contribution in [0.5, 0.6) is 0 Å². The van der Waals surface area contributed by atoms with Crippen molar-refractivity contribution in [2.24, 2.45) is 0 Å². The molecule has 0 amide bonds. The van der Waals surface area contributed by atoms with Crippen LogP contribution >= 0.6 is 0 Å². The Bertz CT molecular complexity index is 2850. The molecular weight excluding hydrogens is 583 g/mol. The van der Waals surface area contributed by atoms with Crippen LogP contribution in [0.1, 0.15) is 0 Å². The van der Waals surface area contributed by atoms with Crippen molar-refractivity contribution in [1.82, 2.24) is 0 Å². The third kappa shape index (κ3) is 4.13. The third-order valence-corrected chi connectivity index (χ3v) is 9.81. The Balaban J connectivity index is 1.29. The molecule has 10 rings (SSSR count). The molecule has 1 heterocycles. The number of fused-ring (bicyclic) bond motifs is 9. The van der Waals surface area contributed by atoms with Gasteiger partial charge in [0.25, 0.3) is 0 Å². The van der Waals surface area contributed by atoms with E-state index in [1.807, 2.05) is 12.1 Å². The summed E-state index contributed by atoms with van der Waals surface area (Å²) in [4.78, 5) is 2.44. The summed E-state index contributed by atoms with van der Waals surface area (Å²) in [7, 11) is 0. The molecule has 224 valence electrons.